The Labute approximate surface area is 143 Å². The molecule has 1 aromatic heterocycles. The number of hydrogen-bond donors (Lipinski definition) is 0. The number of hydrogen-bond acceptors (Lipinski definition) is 4. The predicted molar refractivity (Wildman–Crippen MR) is 91.4 cm³/mol. The van der Waals surface area contributed by atoms with Crippen LogP contribution >= 0.6 is 35.3 Å². The van der Waals surface area contributed by atoms with Gasteiger partial charge in [0.1, 0.15) is 0 Å². The summed E-state index contributed by atoms with van der Waals surface area (Å²) in [7, 11) is 0. The molecular formula is C15H8F3NOS3. The van der Waals surface area contributed by atoms with E-state index in [0.29, 0.717) is 4.91 Å². The molecule has 1 fully saturated rings. The highest BCUT2D eigenvalue weighted by molar-refractivity contribution is 8.27. The fraction of sp³-hybridized carbons (Fsp3) is 0.0667. The maximum Gasteiger partial charge on any atom is 0.416 e. The first-order chi connectivity index (χ1) is 10.9. The zero-order valence-corrected chi connectivity index (χ0v) is 13.8. The molecule has 1 amide bonds. The molecule has 1 aliphatic heterocycles. The molecule has 1 aromatic carbocycles. The first kappa shape index (κ1) is 16.2. The van der Waals surface area contributed by atoms with E-state index in [0.717, 1.165) is 33.7 Å². The van der Waals surface area contributed by atoms with Gasteiger partial charge in [-0.3, -0.25) is 9.69 Å². The number of benzene rings is 1. The second-order valence-electron chi connectivity index (χ2n) is 4.58. The molecule has 0 aliphatic carbocycles. The molecule has 2 heterocycles. The Balaban J connectivity index is 1.95. The molecule has 2 nitrogen and oxygen atoms in total. The van der Waals surface area contributed by atoms with E-state index in [9.17, 15) is 18.0 Å². The van der Waals surface area contributed by atoms with Crippen LogP contribution in [0.5, 0.6) is 0 Å². The maximum absolute atomic E-state index is 12.8. The third kappa shape index (κ3) is 3.34. The largest absolute Gasteiger partial charge is 0.416 e. The molecule has 8 heteroatoms. The van der Waals surface area contributed by atoms with Gasteiger partial charge >= 0.3 is 6.18 Å². The smallest absolute Gasteiger partial charge is 0.268 e. The van der Waals surface area contributed by atoms with Crippen molar-refractivity contribution in [2.24, 2.45) is 0 Å². The molecule has 0 radical (unpaired) electrons. The van der Waals surface area contributed by atoms with Crippen LogP contribution in [0.3, 0.4) is 0 Å². The lowest BCUT2D eigenvalue weighted by Crippen LogP contribution is -2.27. The topological polar surface area (TPSA) is 20.3 Å². The molecule has 1 aliphatic rings. The summed E-state index contributed by atoms with van der Waals surface area (Å²) in [6.07, 6.45) is -2.78. The van der Waals surface area contributed by atoms with E-state index < -0.39 is 17.6 Å². The lowest BCUT2D eigenvalue weighted by molar-refractivity contribution is -0.137. The standard InChI is InChI=1S/C15H8F3NOS3/c16-15(17,18)9-3-1-4-10(7-9)19-13(20)12(23-14(19)21)8-11-5-2-6-22-11/h1-8H. The van der Waals surface area contributed by atoms with Crippen LogP contribution in [0, 0.1) is 0 Å². The van der Waals surface area contributed by atoms with E-state index >= 15 is 0 Å². The number of carbonyl (C=O) groups excluding carboxylic acids is 1. The number of alkyl halides is 3. The van der Waals surface area contributed by atoms with Crippen molar-refractivity contribution < 1.29 is 18.0 Å². The molecule has 1 saturated heterocycles. The first-order valence-corrected chi connectivity index (χ1v) is 8.45. The molecule has 0 unspecified atom stereocenters. The van der Waals surface area contributed by atoms with Crippen LogP contribution < -0.4 is 4.90 Å². The molecule has 0 bridgehead atoms. The number of rotatable bonds is 2. The Bertz CT molecular complexity index is 797. The average Bonchev–Trinajstić information content (AvgIpc) is 3.08. The second-order valence-corrected chi connectivity index (χ2v) is 7.24. The van der Waals surface area contributed by atoms with Crippen LogP contribution in [0.25, 0.3) is 6.08 Å². The zero-order valence-electron chi connectivity index (χ0n) is 11.3. The molecular weight excluding hydrogens is 363 g/mol. The number of halogens is 3. The third-order valence-corrected chi connectivity index (χ3v) is 5.16. The molecule has 118 valence electrons. The van der Waals surface area contributed by atoms with Crippen molar-refractivity contribution in [1.82, 2.24) is 0 Å². The quantitative estimate of drug-likeness (QED) is 0.536. The van der Waals surface area contributed by atoms with Gasteiger partial charge < -0.3 is 0 Å². The fourth-order valence-corrected chi connectivity index (χ4v) is 4.04. The van der Waals surface area contributed by atoms with Crippen LogP contribution in [0.1, 0.15) is 10.4 Å². The lowest BCUT2D eigenvalue weighted by Gasteiger charge is -2.16. The van der Waals surface area contributed by atoms with Crippen molar-refractivity contribution in [3.8, 4) is 0 Å². The fourth-order valence-electron chi connectivity index (χ4n) is 2.01. The average molecular weight is 371 g/mol. The summed E-state index contributed by atoms with van der Waals surface area (Å²) >= 11 is 7.70. The Morgan fingerprint density at radius 1 is 1.17 bits per heavy atom. The van der Waals surface area contributed by atoms with E-state index in [2.05, 4.69) is 0 Å². The van der Waals surface area contributed by atoms with Crippen LogP contribution in [-0.4, -0.2) is 10.2 Å². The third-order valence-electron chi connectivity index (χ3n) is 3.04. The van der Waals surface area contributed by atoms with Crippen LogP contribution in [0.15, 0.2) is 46.7 Å². The van der Waals surface area contributed by atoms with Gasteiger partial charge in [-0.2, -0.15) is 13.2 Å². The predicted octanol–water partition coefficient (Wildman–Crippen LogP) is 5.17. The molecule has 0 spiro atoms. The van der Waals surface area contributed by atoms with Gasteiger partial charge in [-0.1, -0.05) is 36.1 Å². The maximum atomic E-state index is 12.8. The monoisotopic (exact) mass is 371 g/mol. The van der Waals surface area contributed by atoms with Gasteiger partial charge in [0.15, 0.2) is 4.32 Å². The van der Waals surface area contributed by atoms with Crippen molar-refractivity contribution in [1.29, 1.82) is 0 Å². The molecule has 0 N–H and O–H groups in total. The summed E-state index contributed by atoms with van der Waals surface area (Å²) in [4.78, 5) is 14.9. The van der Waals surface area contributed by atoms with E-state index in [4.69, 9.17) is 12.2 Å². The number of anilines is 1. The lowest BCUT2D eigenvalue weighted by atomic mass is 10.2. The van der Waals surface area contributed by atoms with Gasteiger partial charge in [0, 0.05) is 4.88 Å². The molecule has 23 heavy (non-hydrogen) atoms. The van der Waals surface area contributed by atoms with Gasteiger partial charge in [-0.15, -0.1) is 11.3 Å². The van der Waals surface area contributed by atoms with Crippen molar-refractivity contribution in [2.75, 3.05) is 4.90 Å². The highest BCUT2D eigenvalue weighted by atomic mass is 32.2. The Kier molecular flexibility index (Phi) is 4.31. The minimum atomic E-state index is -4.47. The highest BCUT2D eigenvalue weighted by Crippen LogP contribution is 2.38. The summed E-state index contributed by atoms with van der Waals surface area (Å²) in [5.41, 5.74) is -0.691. The molecule has 3 rings (SSSR count). The van der Waals surface area contributed by atoms with Gasteiger partial charge in [0.25, 0.3) is 5.91 Å². The summed E-state index contributed by atoms with van der Waals surface area (Å²) < 4.78 is 38.7. The molecule has 0 atom stereocenters. The zero-order chi connectivity index (χ0) is 16.6. The Hall–Kier alpha value is -1.64. The van der Waals surface area contributed by atoms with E-state index in [1.54, 1.807) is 6.08 Å². The van der Waals surface area contributed by atoms with Crippen LogP contribution in [0.4, 0.5) is 18.9 Å². The summed E-state index contributed by atoms with van der Waals surface area (Å²) in [6.45, 7) is 0. The van der Waals surface area contributed by atoms with Crippen molar-refractivity contribution >= 4 is 57.3 Å². The van der Waals surface area contributed by atoms with Gasteiger partial charge in [0.05, 0.1) is 16.2 Å². The van der Waals surface area contributed by atoms with Gasteiger partial charge in [0.2, 0.25) is 0 Å². The number of carbonyl (C=O) groups is 1. The summed E-state index contributed by atoms with van der Waals surface area (Å²) in [5, 5.41) is 1.87. The number of thiophene rings is 1. The number of nitrogens with zero attached hydrogens (tertiary/aromatic N) is 1. The van der Waals surface area contributed by atoms with E-state index in [1.807, 2.05) is 17.5 Å². The SMILES string of the molecule is O=C1C(=Cc2cccs2)SC(=S)N1c1cccc(C(F)(F)F)c1. The Morgan fingerprint density at radius 2 is 1.96 bits per heavy atom. The summed E-state index contributed by atoms with van der Waals surface area (Å²) in [5.74, 6) is -0.410. The van der Waals surface area contributed by atoms with Crippen LogP contribution in [0.2, 0.25) is 0 Å². The molecule has 0 saturated carbocycles. The van der Waals surface area contributed by atoms with Crippen LogP contribution in [-0.2, 0) is 11.0 Å². The normalized spacial score (nSPS) is 17.3. The minimum absolute atomic E-state index is 0.122. The summed E-state index contributed by atoms with van der Waals surface area (Å²) in [6, 6.07) is 8.29. The second kappa shape index (κ2) is 6.10. The number of thiocarbonyl (C=S) groups is 1. The van der Waals surface area contributed by atoms with Gasteiger partial charge in [-0.25, -0.2) is 0 Å². The van der Waals surface area contributed by atoms with Crippen molar-refractivity contribution in [2.45, 2.75) is 6.18 Å². The Morgan fingerprint density at radius 3 is 2.61 bits per heavy atom. The van der Waals surface area contributed by atoms with Crippen molar-refractivity contribution in [3.05, 3.63) is 57.1 Å². The minimum Gasteiger partial charge on any atom is -0.268 e. The van der Waals surface area contributed by atoms with Crippen molar-refractivity contribution in [3.63, 3.8) is 0 Å². The first-order valence-electron chi connectivity index (χ1n) is 6.35. The van der Waals surface area contributed by atoms with Gasteiger partial charge in [-0.05, 0) is 35.7 Å². The number of amides is 1. The van der Waals surface area contributed by atoms with E-state index in [-0.39, 0.29) is 10.0 Å². The number of thioether (sulfide) groups is 1. The van der Waals surface area contributed by atoms with E-state index in [1.165, 1.54) is 23.5 Å². The molecule has 2 aromatic rings. The highest BCUT2D eigenvalue weighted by Gasteiger charge is 2.36.